The second kappa shape index (κ2) is 4.00. The lowest BCUT2D eigenvalue weighted by Gasteiger charge is -2.29. The molecule has 0 aromatic carbocycles. The molecule has 0 aromatic rings. The molecule has 0 bridgehead atoms. The van der Waals surface area contributed by atoms with Crippen molar-refractivity contribution in [1.82, 2.24) is 5.32 Å². The summed E-state index contributed by atoms with van der Waals surface area (Å²) < 4.78 is 5.57. The molecule has 2 aliphatic heterocycles. The highest BCUT2D eigenvalue weighted by Crippen LogP contribution is 2.39. The molecule has 0 radical (unpaired) electrons. The van der Waals surface area contributed by atoms with Gasteiger partial charge >= 0.3 is 0 Å². The SMILES string of the molecule is Clc1ccoc2c(N3CCNCC3)ccc1-2. The highest BCUT2D eigenvalue weighted by molar-refractivity contribution is 6.33. The highest BCUT2D eigenvalue weighted by atomic mass is 35.5. The molecule has 1 aliphatic carbocycles. The van der Waals surface area contributed by atoms with Crippen molar-refractivity contribution in [3.05, 3.63) is 29.5 Å². The normalized spacial score (nSPS) is 16.9. The van der Waals surface area contributed by atoms with Crippen LogP contribution in [0.25, 0.3) is 11.3 Å². The van der Waals surface area contributed by atoms with E-state index >= 15 is 0 Å². The van der Waals surface area contributed by atoms with Gasteiger partial charge < -0.3 is 14.6 Å². The number of anilines is 1. The monoisotopic (exact) mass is 236 g/mol. The van der Waals surface area contributed by atoms with Crippen LogP contribution < -0.4 is 10.2 Å². The van der Waals surface area contributed by atoms with Crippen LogP contribution in [0.15, 0.2) is 28.9 Å². The summed E-state index contributed by atoms with van der Waals surface area (Å²) in [6.45, 7) is 4.07. The smallest absolute Gasteiger partial charge is 0.158 e. The molecule has 0 amide bonds. The van der Waals surface area contributed by atoms with Crippen molar-refractivity contribution in [2.45, 2.75) is 0 Å². The molecule has 3 rings (SSSR count). The lowest BCUT2D eigenvalue weighted by atomic mass is 10.2. The molecule has 0 aromatic heterocycles. The summed E-state index contributed by atoms with van der Waals surface area (Å²) in [5, 5.41) is 4.09. The lowest BCUT2D eigenvalue weighted by molar-refractivity contribution is 0.553. The predicted octanol–water partition coefficient (Wildman–Crippen LogP) is 2.45. The van der Waals surface area contributed by atoms with E-state index in [1.165, 1.54) is 0 Å². The fraction of sp³-hybridized carbons (Fsp3) is 0.333. The largest absolute Gasteiger partial charge is 0.462 e. The minimum absolute atomic E-state index is 0.752. The molecule has 1 saturated heterocycles. The molecule has 0 unspecified atom stereocenters. The number of piperazine rings is 1. The number of nitrogens with zero attached hydrogens (tertiary/aromatic N) is 1. The van der Waals surface area contributed by atoms with Gasteiger partial charge in [-0.2, -0.15) is 0 Å². The van der Waals surface area contributed by atoms with Crippen LogP contribution in [-0.2, 0) is 0 Å². The van der Waals surface area contributed by atoms with Crippen LogP contribution >= 0.6 is 11.6 Å². The van der Waals surface area contributed by atoms with Gasteiger partial charge in [0.2, 0.25) is 0 Å². The summed E-state index contributed by atoms with van der Waals surface area (Å²) >= 11 is 6.12. The van der Waals surface area contributed by atoms with Crippen LogP contribution in [0.4, 0.5) is 5.69 Å². The van der Waals surface area contributed by atoms with Gasteiger partial charge in [-0.3, -0.25) is 0 Å². The third kappa shape index (κ3) is 1.56. The molecule has 84 valence electrons. The molecule has 4 heteroatoms. The molecule has 1 fully saturated rings. The Kier molecular flexibility index (Phi) is 2.50. The zero-order valence-electron chi connectivity index (χ0n) is 8.87. The first-order valence-corrected chi connectivity index (χ1v) is 5.85. The molecule has 1 N–H and O–H groups in total. The first-order valence-electron chi connectivity index (χ1n) is 5.47. The third-order valence-corrected chi connectivity index (χ3v) is 3.33. The van der Waals surface area contributed by atoms with E-state index in [0.29, 0.717) is 0 Å². The number of rotatable bonds is 1. The quantitative estimate of drug-likeness (QED) is 0.825. The molecule has 2 heterocycles. The molecule has 16 heavy (non-hydrogen) atoms. The molecular weight excluding hydrogens is 224 g/mol. The van der Waals surface area contributed by atoms with Gasteiger partial charge in [0.05, 0.1) is 17.0 Å². The Morgan fingerprint density at radius 3 is 2.81 bits per heavy atom. The number of nitrogens with one attached hydrogen (secondary N) is 1. The summed E-state index contributed by atoms with van der Waals surface area (Å²) in [7, 11) is 0. The molecule has 0 atom stereocenters. The van der Waals surface area contributed by atoms with Gasteiger partial charge in [0, 0.05) is 31.7 Å². The average Bonchev–Trinajstić information content (AvgIpc) is 2.75. The van der Waals surface area contributed by atoms with Crippen molar-refractivity contribution in [3.8, 4) is 11.3 Å². The Hall–Kier alpha value is -1.19. The third-order valence-electron chi connectivity index (χ3n) is 3.00. The summed E-state index contributed by atoms with van der Waals surface area (Å²) in [5.74, 6) is 0.898. The first kappa shape index (κ1) is 10.00. The van der Waals surface area contributed by atoms with E-state index in [1.807, 2.05) is 6.07 Å². The Bertz CT molecular complexity index is 462. The predicted molar refractivity (Wildman–Crippen MR) is 65.4 cm³/mol. The van der Waals surface area contributed by atoms with E-state index in [1.54, 1.807) is 12.3 Å². The van der Waals surface area contributed by atoms with Crippen LogP contribution in [0.2, 0.25) is 5.02 Å². The Balaban J connectivity index is 2.00. The standard InChI is InChI=1S/C12H13ClN2O/c13-10-3-8-16-12-9(10)1-2-11(12)15-6-4-14-5-7-15/h1-3,8,14H,4-7H2. The van der Waals surface area contributed by atoms with Gasteiger partial charge in [-0.05, 0) is 18.2 Å². The van der Waals surface area contributed by atoms with Crippen LogP contribution in [0.1, 0.15) is 0 Å². The molecular formula is C12H13ClN2O. The van der Waals surface area contributed by atoms with E-state index < -0.39 is 0 Å². The van der Waals surface area contributed by atoms with Crippen LogP contribution in [0.3, 0.4) is 0 Å². The Morgan fingerprint density at radius 2 is 2.00 bits per heavy atom. The van der Waals surface area contributed by atoms with E-state index in [0.717, 1.165) is 48.2 Å². The molecule has 3 nitrogen and oxygen atoms in total. The fourth-order valence-corrected chi connectivity index (χ4v) is 2.37. The van der Waals surface area contributed by atoms with E-state index in [9.17, 15) is 0 Å². The lowest BCUT2D eigenvalue weighted by Crippen LogP contribution is -2.43. The van der Waals surface area contributed by atoms with Gasteiger partial charge in [-0.25, -0.2) is 0 Å². The highest BCUT2D eigenvalue weighted by Gasteiger charge is 2.20. The maximum atomic E-state index is 6.12. The summed E-state index contributed by atoms with van der Waals surface area (Å²) in [5.41, 5.74) is 2.15. The summed E-state index contributed by atoms with van der Waals surface area (Å²) in [4.78, 5) is 2.33. The maximum Gasteiger partial charge on any atom is 0.158 e. The maximum absolute atomic E-state index is 6.12. The van der Waals surface area contributed by atoms with Crippen molar-refractivity contribution in [2.75, 3.05) is 31.1 Å². The van der Waals surface area contributed by atoms with E-state index in [4.69, 9.17) is 16.0 Å². The minimum Gasteiger partial charge on any atom is -0.462 e. The summed E-state index contributed by atoms with van der Waals surface area (Å²) in [6, 6.07) is 5.90. The number of halogens is 1. The minimum atomic E-state index is 0.752. The van der Waals surface area contributed by atoms with Crippen LogP contribution in [-0.4, -0.2) is 26.2 Å². The van der Waals surface area contributed by atoms with Gasteiger partial charge in [-0.1, -0.05) is 11.6 Å². The van der Waals surface area contributed by atoms with Gasteiger partial charge in [0.1, 0.15) is 0 Å². The fourth-order valence-electron chi connectivity index (χ4n) is 2.17. The second-order valence-electron chi connectivity index (χ2n) is 3.97. The first-order chi connectivity index (χ1) is 7.86. The second-order valence-corrected chi connectivity index (χ2v) is 4.37. The molecule has 0 saturated carbocycles. The zero-order chi connectivity index (χ0) is 11.0. The Morgan fingerprint density at radius 1 is 1.19 bits per heavy atom. The van der Waals surface area contributed by atoms with Gasteiger partial charge in [0.25, 0.3) is 0 Å². The zero-order valence-corrected chi connectivity index (χ0v) is 9.63. The number of hydrogen-bond acceptors (Lipinski definition) is 3. The van der Waals surface area contributed by atoms with Gasteiger partial charge in [-0.15, -0.1) is 0 Å². The topological polar surface area (TPSA) is 28.4 Å². The summed E-state index contributed by atoms with van der Waals surface area (Å²) in [6.07, 6.45) is 1.65. The van der Waals surface area contributed by atoms with Crippen molar-refractivity contribution in [3.63, 3.8) is 0 Å². The Labute approximate surface area is 99.3 Å². The average molecular weight is 237 g/mol. The van der Waals surface area contributed by atoms with Gasteiger partial charge in [0.15, 0.2) is 5.76 Å². The van der Waals surface area contributed by atoms with Crippen molar-refractivity contribution in [2.24, 2.45) is 0 Å². The van der Waals surface area contributed by atoms with E-state index in [2.05, 4.69) is 16.3 Å². The van der Waals surface area contributed by atoms with Crippen molar-refractivity contribution >= 4 is 17.3 Å². The van der Waals surface area contributed by atoms with Crippen LogP contribution in [0.5, 0.6) is 0 Å². The van der Waals surface area contributed by atoms with Crippen molar-refractivity contribution in [1.29, 1.82) is 0 Å². The number of hydrogen-bond donors (Lipinski definition) is 1. The van der Waals surface area contributed by atoms with Crippen molar-refractivity contribution < 1.29 is 4.42 Å². The molecule has 0 spiro atoms. The van der Waals surface area contributed by atoms with Crippen LogP contribution in [0, 0.1) is 0 Å². The van der Waals surface area contributed by atoms with E-state index in [-0.39, 0.29) is 0 Å². The number of fused-ring (bicyclic) bond motifs is 1. The molecule has 3 aliphatic rings.